The number of hydrogen-bond donors (Lipinski definition) is 0. The Morgan fingerprint density at radius 1 is 1.05 bits per heavy atom. The second kappa shape index (κ2) is 7.00. The highest BCUT2D eigenvalue weighted by atomic mass is 28.2. The van der Waals surface area contributed by atoms with Crippen molar-refractivity contribution in [3.05, 3.63) is 52.2 Å². The fraction of sp³-hybridized carbons (Fsp3) is 0.524. The lowest BCUT2D eigenvalue weighted by atomic mass is 9.85. The Kier molecular flexibility index (Phi) is 5.02. The number of benzene rings is 1. The Bertz CT molecular complexity index is 588. The standard InChI is InChI=1S/C21H28Si/c1-15-13-16(2)21(17(15)3)22-20-12-8-7-11-19(20)14-18-9-5-4-6-10-18/h7-8,11-13,16,18H,4-6,9-10,14H2,1-3H3. The van der Waals surface area contributed by atoms with Gasteiger partial charge in [-0.3, -0.25) is 0 Å². The summed E-state index contributed by atoms with van der Waals surface area (Å²) >= 11 is 0. The van der Waals surface area contributed by atoms with Crippen LogP contribution in [0.3, 0.4) is 0 Å². The summed E-state index contributed by atoms with van der Waals surface area (Å²) in [5, 5.41) is 3.26. The first-order valence-electron chi connectivity index (χ1n) is 8.89. The molecule has 2 aliphatic carbocycles. The van der Waals surface area contributed by atoms with Crippen molar-refractivity contribution in [1.82, 2.24) is 0 Å². The zero-order valence-corrected chi connectivity index (χ0v) is 15.3. The summed E-state index contributed by atoms with van der Waals surface area (Å²) in [6.07, 6.45) is 11.0. The Labute approximate surface area is 138 Å². The number of rotatable bonds is 4. The molecule has 1 atom stereocenters. The molecule has 0 amide bonds. The zero-order chi connectivity index (χ0) is 15.5. The van der Waals surface area contributed by atoms with Gasteiger partial charge in [0.05, 0.1) is 0 Å². The largest absolute Gasteiger partial charge is 0.117 e. The van der Waals surface area contributed by atoms with Crippen LogP contribution in [-0.4, -0.2) is 9.52 Å². The van der Waals surface area contributed by atoms with Gasteiger partial charge in [-0.05, 0) is 37.7 Å². The van der Waals surface area contributed by atoms with Gasteiger partial charge in [-0.25, -0.2) is 0 Å². The van der Waals surface area contributed by atoms with Crippen molar-refractivity contribution >= 4 is 14.7 Å². The van der Waals surface area contributed by atoms with Crippen LogP contribution in [0.25, 0.3) is 0 Å². The molecule has 3 rings (SSSR count). The lowest BCUT2D eigenvalue weighted by molar-refractivity contribution is 0.357. The maximum atomic E-state index is 2.43. The van der Waals surface area contributed by atoms with Gasteiger partial charge in [0.25, 0.3) is 0 Å². The predicted molar refractivity (Wildman–Crippen MR) is 97.7 cm³/mol. The van der Waals surface area contributed by atoms with Gasteiger partial charge in [-0.15, -0.1) is 0 Å². The van der Waals surface area contributed by atoms with Crippen LogP contribution < -0.4 is 5.19 Å². The minimum Gasteiger partial charge on any atom is -0.0748 e. The van der Waals surface area contributed by atoms with Gasteiger partial charge in [0, 0.05) is 0 Å². The normalized spacial score (nSPS) is 23.0. The van der Waals surface area contributed by atoms with Crippen LogP contribution in [0, 0.1) is 11.8 Å². The van der Waals surface area contributed by atoms with Gasteiger partial charge in [-0.2, -0.15) is 0 Å². The summed E-state index contributed by atoms with van der Waals surface area (Å²) in [6.45, 7) is 6.92. The molecular weight excluding hydrogens is 280 g/mol. The molecule has 0 spiro atoms. The maximum absolute atomic E-state index is 2.43. The van der Waals surface area contributed by atoms with E-state index < -0.39 is 0 Å². The molecule has 0 aromatic heterocycles. The molecule has 2 radical (unpaired) electrons. The average molecular weight is 309 g/mol. The minimum absolute atomic E-state index is 0.626. The van der Waals surface area contributed by atoms with Crippen LogP contribution in [0.2, 0.25) is 0 Å². The van der Waals surface area contributed by atoms with Crippen LogP contribution in [0.4, 0.5) is 0 Å². The summed E-state index contributed by atoms with van der Waals surface area (Å²) in [7, 11) is 0.852. The van der Waals surface area contributed by atoms with Crippen LogP contribution in [0.1, 0.15) is 58.4 Å². The highest BCUT2D eigenvalue weighted by Crippen LogP contribution is 2.30. The maximum Gasteiger partial charge on any atom is 0.117 e. The summed E-state index contributed by atoms with van der Waals surface area (Å²) in [6, 6.07) is 9.21. The molecule has 1 heteroatoms. The topological polar surface area (TPSA) is 0 Å². The molecule has 1 unspecified atom stereocenters. The molecule has 0 heterocycles. The van der Waals surface area contributed by atoms with E-state index in [0.717, 1.165) is 15.4 Å². The quantitative estimate of drug-likeness (QED) is 0.686. The first-order valence-corrected chi connectivity index (χ1v) is 9.89. The highest BCUT2D eigenvalue weighted by Gasteiger charge is 2.21. The van der Waals surface area contributed by atoms with E-state index in [1.54, 1.807) is 21.5 Å². The molecule has 0 N–H and O–H groups in total. The molecule has 0 bridgehead atoms. The molecule has 0 aliphatic heterocycles. The molecule has 1 fully saturated rings. The van der Waals surface area contributed by atoms with Gasteiger partial charge in [0.2, 0.25) is 0 Å². The Morgan fingerprint density at radius 2 is 1.77 bits per heavy atom. The molecular formula is C21H28Si. The Balaban J connectivity index is 1.77. The lowest BCUT2D eigenvalue weighted by Crippen LogP contribution is -2.25. The zero-order valence-electron chi connectivity index (χ0n) is 14.3. The van der Waals surface area contributed by atoms with Crippen molar-refractivity contribution in [3.8, 4) is 0 Å². The molecule has 116 valence electrons. The number of hydrogen-bond acceptors (Lipinski definition) is 0. The SMILES string of the molecule is CC1=CC(C)C([Si]c2ccccc2CC2CCCCC2)=C1C. The van der Waals surface area contributed by atoms with Crippen molar-refractivity contribution in [3.63, 3.8) is 0 Å². The van der Waals surface area contributed by atoms with Crippen LogP contribution in [0.5, 0.6) is 0 Å². The van der Waals surface area contributed by atoms with E-state index in [1.165, 1.54) is 44.1 Å². The lowest BCUT2D eigenvalue weighted by Gasteiger charge is -2.23. The smallest absolute Gasteiger partial charge is 0.0748 e. The molecule has 22 heavy (non-hydrogen) atoms. The first kappa shape index (κ1) is 15.8. The van der Waals surface area contributed by atoms with Gasteiger partial charge in [0.1, 0.15) is 9.52 Å². The van der Waals surface area contributed by atoms with Crippen molar-refractivity contribution < 1.29 is 0 Å². The van der Waals surface area contributed by atoms with Crippen LogP contribution in [0.15, 0.2) is 46.7 Å². The fourth-order valence-electron chi connectivity index (χ4n) is 4.01. The van der Waals surface area contributed by atoms with Crippen LogP contribution >= 0.6 is 0 Å². The molecule has 1 saturated carbocycles. The summed E-state index contributed by atoms with van der Waals surface area (Å²) in [5.74, 6) is 1.55. The number of allylic oxidation sites excluding steroid dienone is 4. The fourth-order valence-corrected chi connectivity index (χ4v) is 5.52. The van der Waals surface area contributed by atoms with E-state index in [4.69, 9.17) is 0 Å². The average Bonchev–Trinajstić information content (AvgIpc) is 2.76. The summed E-state index contributed by atoms with van der Waals surface area (Å²) < 4.78 is 0. The van der Waals surface area contributed by atoms with Crippen molar-refractivity contribution in [2.24, 2.45) is 11.8 Å². The van der Waals surface area contributed by atoms with Gasteiger partial charge in [-0.1, -0.05) is 90.9 Å². The van der Waals surface area contributed by atoms with E-state index >= 15 is 0 Å². The Hall–Kier alpha value is -1.08. The molecule has 0 nitrogen and oxygen atoms in total. The van der Waals surface area contributed by atoms with Gasteiger partial charge >= 0.3 is 0 Å². The Morgan fingerprint density at radius 3 is 2.45 bits per heavy atom. The highest BCUT2D eigenvalue weighted by molar-refractivity contribution is 6.62. The van der Waals surface area contributed by atoms with Crippen molar-refractivity contribution in [2.75, 3.05) is 0 Å². The first-order chi connectivity index (χ1) is 10.6. The molecule has 1 aromatic carbocycles. The van der Waals surface area contributed by atoms with Gasteiger partial charge < -0.3 is 0 Å². The molecule has 1 aromatic rings. The summed E-state index contributed by atoms with van der Waals surface area (Å²) in [5.41, 5.74) is 4.64. The van der Waals surface area contributed by atoms with Crippen molar-refractivity contribution in [1.29, 1.82) is 0 Å². The van der Waals surface area contributed by atoms with Crippen LogP contribution in [-0.2, 0) is 6.42 Å². The summed E-state index contributed by atoms with van der Waals surface area (Å²) in [4.78, 5) is 0. The second-order valence-electron chi connectivity index (χ2n) is 7.17. The predicted octanol–water partition coefficient (Wildman–Crippen LogP) is 5.01. The monoisotopic (exact) mass is 308 g/mol. The third kappa shape index (κ3) is 3.46. The van der Waals surface area contributed by atoms with E-state index in [2.05, 4.69) is 51.1 Å². The third-order valence-electron chi connectivity index (χ3n) is 5.47. The molecule has 0 saturated heterocycles. The van der Waals surface area contributed by atoms with E-state index in [9.17, 15) is 0 Å². The van der Waals surface area contributed by atoms with Gasteiger partial charge in [0.15, 0.2) is 0 Å². The third-order valence-corrected chi connectivity index (χ3v) is 7.33. The minimum atomic E-state index is 0.626. The van der Waals surface area contributed by atoms with E-state index in [-0.39, 0.29) is 0 Å². The van der Waals surface area contributed by atoms with Crippen molar-refractivity contribution in [2.45, 2.75) is 59.3 Å². The second-order valence-corrected chi connectivity index (χ2v) is 8.49. The van der Waals surface area contributed by atoms with E-state index in [1.807, 2.05) is 0 Å². The van der Waals surface area contributed by atoms with E-state index in [0.29, 0.717) is 5.92 Å². The molecule has 2 aliphatic rings.